The monoisotopic (exact) mass is 320 g/mol. The molecular weight excluding hydrogens is 303 g/mol. The van der Waals surface area contributed by atoms with Crippen LogP contribution in [0.15, 0.2) is 12.1 Å². The average Bonchev–Trinajstić information content (AvgIpc) is 2.51. The van der Waals surface area contributed by atoms with Crippen LogP contribution in [0.2, 0.25) is 0 Å². The van der Waals surface area contributed by atoms with Crippen molar-refractivity contribution >= 4 is 33.9 Å². The van der Waals surface area contributed by atoms with Crippen molar-refractivity contribution in [3.8, 4) is 0 Å². The summed E-state index contributed by atoms with van der Waals surface area (Å²) in [4.78, 5) is 1.64. The van der Waals surface area contributed by atoms with Crippen LogP contribution in [0.4, 0.5) is 0 Å². The first-order valence-electron chi connectivity index (χ1n) is 5.61. The van der Waals surface area contributed by atoms with Crippen LogP contribution >= 0.6 is 33.9 Å². The van der Waals surface area contributed by atoms with Crippen molar-refractivity contribution < 1.29 is 0 Å². The quantitative estimate of drug-likeness (QED) is 0.625. The lowest BCUT2D eigenvalue weighted by Crippen LogP contribution is -2.00. The molecule has 1 aromatic heterocycles. The molecule has 0 aliphatic heterocycles. The molecule has 0 N–H and O–H groups in total. The fraction of sp³-hybridized carbons (Fsp3) is 0.667. The maximum Gasteiger partial charge on any atom is 0.0656 e. The highest BCUT2D eigenvalue weighted by molar-refractivity contribution is 14.1. The Morgan fingerprint density at radius 2 is 1.64 bits per heavy atom. The Morgan fingerprint density at radius 3 is 2.21 bits per heavy atom. The molecule has 0 radical (unpaired) electrons. The number of hydrogen-bond donors (Lipinski definition) is 0. The summed E-state index contributed by atoms with van der Waals surface area (Å²) in [6.45, 7) is 0. The van der Waals surface area contributed by atoms with Gasteiger partial charge in [-0.05, 0) is 53.5 Å². The van der Waals surface area contributed by atoms with Crippen molar-refractivity contribution in [3.05, 3.63) is 19.9 Å². The van der Waals surface area contributed by atoms with E-state index in [1.165, 1.54) is 47.8 Å². The van der Waals surface area contributed by atoms with E-state index in [9.17, 15) is 0 Å². The highest BCUT2D eigenvalue weighted by Gasteiger charge is 2.14. The third kappa shape index (κ3) is 2.96. The summed E-state index contributed by atoms with van der Waals surface area (Å²) in [7, 11) is 0. The summed E-state index contributed by atoms with van der Waals surface area (Å²) < 4.78 is 1.44. The third-order valence-corrected chi connectivity index (χ3v) is 5.16. The third-order valence-electron chi connectivity index (χ3n) is 3.10. The molecule has 0 amide bonds. The predicted molar refractivity (Wildman–Crippen MR) is 72.1 cm³/mol. The minimum Gasteiger partial charge on any atom is -0.134 e. The molecule has 1 aromatic rings. The van der Waals surface area contributed by atoms with Gasteiger partial charge in [0.2, 0.25) is 0 Å². The molecule has 2 rings (SSSR count). The Kier molecular flexibility index (Phi) is 4.29. The Hall–Kier alpha value is 0.430. The lowest BCUT2D eigenvalue weighted by atomic mass is 9.90. The zero-order chi connectivity index (χ0) is 9.80. The van der Waals surface area contributed by atoms with Gasteiger partial charge < -0.3 is 0 Å². The van der Waals surface area contributed by atoms with Gasteiger partial charge in [-0.1, -0.05) is 32.1 Å². The molecule has 1 aliphatic rings. The van der Waals surface area contributed by atoms with E-state index >= 15 is 0 Å². The summed E-state index contributed by atoms with van der Waals surface area (Å²) in [5, 5.41) is 0. The highest BCUT2D eigenvalue weighted by Crippen LogP contribution is 2.35. The Morgan fingerprint density at radius 1 is 1.00 bits per heavy atom. The minimum atomic E-state index is 0.879. The minimum absolute atomic E-state index is 0.879. The normalized spacial score (nSPS) is 20.4. The van der Waals surface area contributed by atoms with Crippen LogP contribution in [-0.4, -0.2) is 0 Å². The molecule has 0 spiro atoms. The zero-order valence-corrected chi connectivity index (χ0v) is 11.4. The maximum absolute atomic E-state index is 2.43. The smallest absolute Gasteiger partial charge is 0.0656 e. The molecule has 0 aromatic carbocycles. The summed E-state index contributed by atoms with van der Waals surface area (Å²) in [6.07, 6.45) is 10.1. The topological polar surface area (TPSA) is 0 Å². The second kappa shape index (κ2) is 5.50. The van der Waals surface area contributed by atoms with Gasteiger partial charge in [-0.3, -0.25) is 0 Å². The van der Waals surface area contributed by atoms with Crippen molar-refractivity contribution in [2.45, 2.75) is 50.9 Å². The van der Waals surface area contributed by atoms with Crippen LogP contribution in [0.5, 0.6) is 0 Å². The van der Waals surface area contributed by atoms with Gasteiger partial charge in [0.15, 0.2) is 0 Å². The first-order valence-corrected chi connectivity index (χ1v) is 7.51. The Bertz CT molecular complexity index is 272. The maximum atomic E-state index is 2.43. The van der Waals surface area contributed by atoms with Gasteiger partial charge >= 0.3 is 0 Å². The largest absolute Gasteiger partial charge is 0.134 e. The van der Waals surface area contributed by atoms with Gasteiger partial charge in [-0.2, -0.15) is 0 Å². The lowest BCUT2D eigenvalue weighted by molar-refractivity contribution is 0.459. The lowest BCUT2D eigenvalue weighted by Gasteiger charge is -2.18. The molecule has 78 valence electrons. The summed E-state index contributed by atoms with van der Waals surface area (Å²) in [5.41, 5.74) is 0. The zero-order valence-electron chi connectivity index (χ0n) is 8.47. The van der Waals surface area contributed by atoms with E-state index in [0.29, 0.717) is 0 Å². The molecule has 0 atom stereocenters. The van der Waals surface area contributed by atoms with Gasteiger partial charge in [-0.25, -0.2) is 0 Å². The predicted octanol–water partition coefficient (Wildman–Crippen LogP) is 5.18. The molecule has 0 bridgehead atoms. The molecule has 0 saturated heterocycles. The van der Waals surface area contributed by atoms with Crippen LogP contribution in [0.3, 0.4) is 0 Å². The van der Waals surface area contributed by atoms with Gasteiger partial charge in [0.05, 0.1) is 2.88 Å². The van der Waals surface area contributed by atoms with Crippen LogP contribution in [0.1, 0.15) is 55.7 Å². The molecule has 0 nitrogen and oxygen atoms in total. The van der Waals surface area contributed by atoms with Crippen molar-refractivity contribution in [2.75, 3.05) is 0 Å². The number of rotatable bonds is 1. The number of thiophene rings is 1. The van der Waals surface area contributed by atoms with Gasteiger partial charge in [-0.15, -0.1) is 11.3 Å². The summed E-state index contributed by atoms with van der Waals surface area (Å²) in [6, 6.07) is 4.61. The molecule has 1 aliphatic carbocycles. The van der Waals surface area contributed by atoms with Crippen molar-refractivity contribution in [2.24, 2.45) is 0 Å². The molecule has 1 saturated carbocycles. The second-order valence-corrected chi connectivity index (χ2v) is 7.19. The molecule has 2 heteroatoms. The van der Waals surface area contributed by atoms with E-state index in [-0.39, 0.29) is 0 Å². The average molecular weight is 320 g/mol. The van der Waals surface area contributed by atoms with E-state index in [4.69, 9.17) is 0 Å². The Balaban J connectivity index is 2.00. The highest BCUT2D eigenvalue weighted by atomic mass is 127. The number of hydrogen-bond acceptors (Lipinski definition) is 1. The van der Waals surface area contributed by atoms with Gasteiger partial charge in [0, 0.05) is 4.88 Å². The van der Waals surface area contributed by atoms with E-state index in [2.05, 4.69) is 34.7 Å². The fourth-order valence-corrected chi connectivity index (χ4v) is 4.13. The SMILES string of the molecule is Ic1ccc(C2CCCCCCC2)s1. The molecular formula is C12H17IS. The van der Waals surface area contributed by atoms with Crippen LogP contribution in [-0.2, 0) is 0 Å². The van der Waals surface area contributed by atoms with Crippen LogP contribution < -0.4 is 0 Å². The first-order chi connectivity index (χ1) is 6.86. The molecule has 14 heavy (non-hydrogen) atoms. The number of halogens is 1. The second-order valence-electron chi connectivity index (χ2n) is 4.18. The summed E-state index contributed by atoms with van der Waals surface area (Å²) >= 11 is 4.43. The van der Waals surface area contributed by atoms with E-state index in [1.54, 1.807) is 4.88 Å². The Labute approximate surface area is 104 Å². The van der Waals surface area contributed by atoms with Gasteiger partial charge in [0.1, 0.15) is 0 Å². The molecule has 1 fully saturated rings. The van der Waals surface area contributed by atoms with Crippen LogP contribution in [0.25, 0.3) is 0 Å². The van der Waals surface area contributed by atoms with E-state index in [0.717, 1.165) is 5.92 Å². The standard InChI is InChI=1S/C12H17IS/c13-12-9-8-11(14-12)10-6-4-2-1-3-5-7-10/h8-10H,1-7H2. The fourth-order valence-electron chi connectivity index (χ4n) is 2.29. The van der Waals surface area contributed by atoms with Crippen LogP contribution in [0, 0.1) is 2.88 Å². The summed E-state index contributed by atoms with van der Waals surface area (Å²) in [5.74, 6) is 0.879. The molecule has 0 unspecified atom stereocenters. The van der Waals surface area contributed by atoms with E-state index in [1.807, 2.05) is 11.3 Å². The van der Waals surface area contributed by atoms with Crippen molar-refractivity contribution in [3.63, 3.8) is 0 Å². The van der Waals surface area contributed by atoms with E-state index < -0.39 is 0 Å². The van der Waals surface area contributed by atoms with Crippen molar-refractivity contribution in [1.82, 2.24) is 0 Å². The van der Waals surface area contributed by atoms with Gasteiger partial charge in [0.25, 0.3) is 0 Å². The molecule has 1 heterocycles. The first kappa shape index (κ1) is 10.9. The van der Waals surface area contributed by atoms with Crippen molar-refractivity contribution in [1.29, 1.82) is 0 Å².